The number of benzene rings is 1. The zero-order valence-electron chi connectivity index (χ0n) is 23.7. The van der Waals surface area contributed by atoms with Gasteiger partial charge in [0.25, 0.3) is 0 Å². The molecular weight excluding hydrogens is 440 g/mol. The van der Waals surface area contributed by atoms with Crippen LogP contribution in [0.5, 0.6) is 0 Å². The first-order chi connectivity index (χ1) is 17.2. The molecule has 36 heavy (non-hydrogen) atoms. The second kappa shape index (κ2) is 16.6. The van der Waals surface area contributed by atoms with E-state index in [2.05, 4.69) is 68.5 Å². The summed E-state index contributed by atoms with van der Waals surface area (Å²) in [4.78, 5) is 11.0. The van der Waals surface area contributed by atoms with E-state index in [9.17, 15) is 0 Å². The van der Waals surface area contributed by atoms with Gasteiger partial charge < -0.3 is 10.6 Å². The topological polar surface area (TPSA) is 54.0 Å². The van der Waals surface area contributed by atoms with Crippen LogP contribution >= 0.6 is 0 Å². The van der Waals surface area contributed by atoms with Crippen LogP contribution < -0.4 is 5.73 Å². The average Bonchev–Trinajstić information content (AvgIpc) is 3.28. The Morgan fingerprint density at radius 2 is 1.81 bits per heavy atom. The molecule has 1 aliphatic rings. The molecule has 2 atom stereocenters. The van der Waals surface area contributed by atoms with Crippen LogP contribution in [0.4, 0.5) is 0 Å². The summed E-state index contributed by atoms with van der Waals surface area (Å²) in [5, 5.41) is 0. The fourth-order valence-corrected chi connectivity index (χ4v) is 4.46. The monoisotopic (exact) mass is 488 g/mol. The Labute approximate surface area is 220 Å². The summed E-state index contributed by atoms with van der Waals surface area (Å²) in [5.41, 5.74) is 13.0. The zero-order valence-corrected chi connectivity index (χ0v) is 23.7. The van der Waals surface area contributed by atoms with Gasteiger partial charge in [-0.25, -0.2) is 0 Å². The molecule has 2 unspecified atom stereocenters. The SMILES string of the molecule is C=C/C(=C\N(C)C)c1cccc(C(C)=N/C(C)=C(C=C)/C(C=NC)=C/CC)c1.CCC1CCCC1N. The van der Waals surface area contributed by atoms with Crippen LogP contribution in [0.15, 0.2) is 88.7 Å². The van der Waals surface area contributed by atoms with E-state index in [1.807, 2.05) is 51.2 Å². The third kappa shape index (κ3) is 9.94. The number of allylic oxidation sites excluding steroid dienone is 7. The van der Waals surface area contributed by atoms with Crippen molar-refractivity contribution >= 4 is 17.5 Å². The summed E-state index contributed by atoms with van der Waals surface area (Å²) < 4.78 is 0. The van der Waals surface area contributed by atoms with Gasteiger partial charge in [0.2, 0.25) is 0 Å². The molecule has 2 N–H and O–H groups in total. The van der Waals surface area contributed by atoms with E-state index in [0.29, 0.717) is 6.04 Å². The molecule has 196 valence electrons. The van der Waals surface area contributed by atoms with E-state index in [-0.39, 0.29) is 0 Å². The molecule has 1 saturated carbocycles. The summed E-state index contributed by atoms with van der Waals surface area (Å²) in [7, 11) is 5.79. The number of rotatable bonds is 10. The Kier molecular flexibility index (Phi) is 14.4. The number of aliphatic imine (C=N–C) groups is 2. The second-order valence-electron chi connectivity index (χ2n) is 9.45. The van der Waals surface area contributed by atoms with Gasteiger partial charge in [-0.15, -0.1) is 0 Å². The number of hydrogen-bond donors (Lipinski definition) is 1. The number of hydrogen-bond acceptors (Lipinski definition) is 4. The van der Waals surface area contributed by atoms with Crippen molar-refractivity contribution in [2.45, 2.75) is 65.8 Å². The molecule has 4 heteroatoms. The highest BCUT2D eigenvalue weighted by atomic mass is 15.0. The minimum absolute atomic E-state index is 0.528. The predicted octanol–water partition coefficient (Wildman–Crippen LogP) is 7.60. The first-order valence-electron chi connectivity index (χ1n) is 13.1. The Bertz CT molecular complexity index is 1000. The third-order valence-corrected chi connectivity index (χ3v) is 6.41. The molecule has 0 saturated heterocycles. The van der Waals surface area contributed by atoms with Crippen LogP contribution in [0.25, 0.3) is 5.57 Å². The van der Waals surface area contributed by atoms with Gasteiger partial charge in [-0.2, -0.15) is 0 Å². The van der Waals surface area contributed by atoms with Crippen LogP contribution in [0.3, 0.4) is 0 Å². The van der Waals surface area contributed by atoms with Gasteiger partial charge in [-0.05, 0) is 67.4 Å². The van der Waals surface area contributed by atoms with Gasteiger partial charge in [0.05, 0.1) is 0 Å². The largest absolute Gasteiger partial charge is 0.383 e. The molecule has 0 radical (unpaired) electrons. The first kappa shape index (κ1) is 31.1. The molecule has 1 aliphatic carbocycles. The van der Waals surface area contributed by atoms with Gasteiger partial charge in [-0.1, -0.05) is 76.3 Å². The number of nitrogens with two attached hydrogens (primary N) is 1. The molecule has 1 fully saturated rings. The lowest BCUT2D eigenvalue weighted by atomic mass is 10.0. The van der Waals surface area contributed by atoms with Crippen LogP contribution in [-0.2, 0) is 0 Å². The molecule has 0 heterocycles. The summed E-state index contributed by atoms with van der Waals surface area (Å²) in [6, 6.07) is 8.89. The van der Waals surface area contributed by atoms with Crippen LogP contribution in [0.1, 0.15) is 70.9 Å². The highest BCUT2D eigenvalue weighted by molar-refractivity contribution is 6.00. The molecule has 2 rings (SSSR count). The van der Waals surface area contributed by atoms with Crippen molar-refractivity contribution in [3.63, 3.8) is 0 Å². The minimum Gasteiger partial charge on any atom is -0.383 e. The fourth-order valence-electron chi connectivity index (χ4n) is 4.46. The average molecular weight is 489 g/mol. The van der Waals surface area contributed by atoms with Gasteiger partial charge in [0, 0.05) is 56.6 Å². The Morgan fingerprint density at radius 3 is 2.28 bits per heavy atom. The molecule has 1 aromatic carbocycles. The smallest absolute Gasteiger partial charge is 0.0454 e. The van der Waals surface area contributed by atoms with Gasteiger partial charge >= 0.3 is 0 Å². The molecule has 0 aliphatic heterocycles. The van der Waals surface area contributed by atoms with Crippen molar-refractivity contribution in [1.82, 2.24) is 4.90 Å². The van der Waals surface area contributed by atoms with Crippen molar-refractivity contribution < 1.29 is 0 Å². The lowest BCUT2D eigenvalue weighted by molar-refractivity contribution is 0.467. The highest BCUT2D eigenvalue weighted by Gasteiger charge is 2.21. The van der Waals surface area contributed by atoms with Crippen molar-refractivity contribution in [3.05, 3.63) is 89.8 Å². The van der Waals surface area contributed by atoms with Crippen molar-refractivity contribution in [3.8, 4) is 0 Å². The fraction of sp³-hybridized carbons (Fsp3) is 0.438. The zero-order chi connectivity index (χ0) is 27.1. The van der Waals surface area contributed by atoms with Crippen LogP contribution in [0.2, 0.25) is 0 Å². The van der Waals surface area contributed by atoms with Gasteiger partial charge in [0.1, 0.15) is 0 Å². The summed E-state index contributed by atoms with van der Waals surface area (Å²) in [6.45, 7) is 16.3. The van der Waals surface area contributed by atoms with Crippen LogP contribution in [-0.4, -0.2) is 44.0 Å². The Balaban J connectivity index is 0.000000681. The molecule has 0 aromatic heterocycles. The van der Waals surface area contributed by atoms with E-state index in [4.69, 9.17) is 10.7 Å². The Morgan fingerprint density at radius 1 is 1.11 bits per heavy atom. The van der Waals surface area contributed by atoms with E-state index < -0.39 is 0 Å². The lowest BCUT2D eigenvalue weighted by Gasteiger charge is -2.11. The highest BCUT2D eigenvalue weighted by Crippen LogP contribution is 2.26. The third-order valence-electron chi connectivity index (χ3n) is 6.41. The standard InChI is InChI=1S/C25H33N3.C7H15N/c1-9-13-24(17-26-6)25(11-3)20(5)27-19(4)22-14-12-15-23(16-22)21(10-2)18-28(7)8;1-2-6-4-3-5-7(6)8/h10-18H,2-3,9H2,1,4-8H3;6-7H,2-5,8H2,1H3/b21-18+,24-13+,25-20+,26-17?,27-19?;. The van der Waals surface area contributed by atoms with E-state index in [1.54, 1.807) is 7.05 Å². The minimum atomic E-state index is 0.528. The molecule has 0 amide bonds. The van der Waals surface area contributed by atoms with Crippen LogP contribution in [0, 0.1) is 5.92 Å². The maximum atomic E-state index is 5.79. The normalized spacial score (nSPS) is 19.5. The van der Waals surface area contributed by atoms with E-state index in [1.165, 1.54) is 25.7 Å². The molecular formula is C32H48N4. The molecule has 4 nitrogen and oxygen atoms in total. The number of nitrogens with zero attached hydrogens (tertiary/aromatic N) is 3. The molecule has 0 spiro atoms. The second-order valence-corrected chi connectivity index (χ2v) is 9.45. The van der Waals surface area contributed by atoms with Gasteiger partial charge in [-0.3, -0.25) is 9.98 Å². The van der Waals surface area contributed by atoms with Crippen molar-refractivity contribution in [2.24, 2.45) is 21.6 Å². The Hall–Kier alpha value is -2.98. The lowest BCUT2D eigenvalue weighted by Crippen LogP contribution is -2.23. The molecule has 0 bridgehead atoms. The first-order valence-corrected chi connectivity index (χ1v) is 13.1. The maximum Gasteiger partial charge on any atom is 0.0454 e. The van der Waals surface area contributed by atoms with Gasteiger partial charge in [0.15, 0.2) is 0 Å². The summed E-state index contributed by atoms with van der Waals surface area (Å²) in [5.74, 6) is 0.843. The maximum absolute atomic E-state index is 5.79. The quantitative estimate of drug-likeness (QED) is 0.272. The van der Waals surface area contributed by atoms with E-state index >= 15 is 0 Å². The van der Waals surface area contributed by atoms with Crippen molar-refractivity contribution in [2.75, 3.05) is 21.1 Å². The summed E-state index contributed by atoms with van der Waals surface area (Å²) in [6.07, 6.45) is 16.0. The van der Waals surface area contributed by atoms with E-state index in [0.717, 1.165) is 51.6 Å². The predicted molar refractivity (Wildman–Crippen MR) is 162 cm³/mol. The summed E-state index contributed by atoms with van der Waals surface area (Å²) >= 11 is 0. The van der Waals surface area contributed by atoms with Crippen molar-refractivity contribution in [1.29, 1.82) is 0 Å². The molecule has 1 aromatic rings.